The molecule has 1 aromatic heterocycles. The number of rotatable bonds is 5. The standard InChI is InChI=1S/C17H15N3O2S/c1-12-5-7-14(8-6-12)19-17-18-11-16(23-17)10-13-3-2-4-15(9-13)20(21)22/h2-9,11H,10H2,1H3,(H,18,19). The molecular weight excluding hydrogens is 310 g/mol. The van der Waals surface area contributed by atoms with Gasteiger partial charge in [0.1, 0.15) is 0 Å². The van der Waals surface area contributed by atoms with E-state index in [0.29, 0.717) is 6.42 Å². The maximum absolute atomic E-state index is 10.8. The molecule has 0 radical (unpaired) electrons. The molecule has 0 saturated carbocycles. The Morgan fingerprint density at radius 1 is 1.22 bits per heavy atom. The Morgan fingerprint density at radius 2 is 2.00 bits per heavy atom. The van der Waals surface area contributed by atoms with Crippen LogP contribution in [0.1, 0.15) is 16.0 Å². The van der Waals surface area contributed by atoms with Gasteiger partial charge in [-0.25, -0.2) is 4.98 Å². The summed E-state index contributed by atoms with van der Waals surface area (Å²) in [5, 5.41) is 14.9. The molecule has 0 aliphatic rings. The molecule has 1 N–H and O–H groups in total. The Morgan fingerprint density at radius 3 is 2.74 bits per heavy atom. The minimum absolute atomic E-state index is 0.116. The first kappa shape index (κ1) is 15.2. The zero-order valence-corrected chi connectivity index (χ0v) is 13.3. The fourth-order valence-electron chi connectivity index (χ4n) is 2.19. The molecule has 6 heteroatoms. The number of anilines is 2. The van der Waals surface area contributed by atoms with E-state index in [2.05, 4.69) is 10.3 Å². The lowest BCUT2D eigenvalue weighted by Crippen LogP contribution is -1.90. The smallest absolute Gasteiger partial charge is 0.269 e. The molecule has 3 aromatic rings. The fraction of sp³-hybridized carbons (Fsp3) is 0.118. The number of nitrogens with one attached hydrogen (secondary N) is 1. The van der Waals surface area contributed by atoms with Crippen molar-refractivity contribution in [1.29, 1.82) is 0 Å². The predicted molar refractivity (Wildman–Crippen MR) is 92.5 cm³/mol. The highest BCUT2D eigenvalue weighted by molar-refractivity contribution is 7.15. The second kappa shape index (κ2) is 6.58. The summed E-state index contributed by atoms with van der Waals surface area (Å²) in [6.07, 6.45) is 2.44. The van der Waals surface area contributed by atoms with Crippen molar-refractivity contribution in [2.45, 2.75) is 13.3 Å². The van der Waals surface area contributed by atoms with E-state index in [1.54, 1.807) is 29.7 Å². The Balaban J connectivity index is 1.71. The van der Waals surface area contributed by atoms with E-state index in [1.807, 2.05) is 37.3 Å². The van der Waals surface area contributed by atoms with Crippen molar-refractivity contribution in [1.82, 2.24) is 4.98 Å². The quantitative estimate of drug-likeness (QED) is 0.545. The monoisotopic (exact) mass is 325 g/mol. The molecule has 1 heterocycles. The molecule has 0 saturated heterocycles. The number of aryl methyl sites for hydroxylation is 1. The van der Waals surface area contributed by atoms with Crippen LogP contribution in [0.25, 0.3) is 0 Å². The highest BCUT2D eigenvalue weighted by atomic mass is 32.1. The van der Waals surface area contributed by atoms with Crippen LogP contribution in [0, 0.1) is 17.0 Å². The van der Waals surface area contributed by atoms with Crippen molar-refractivity contribution in [3.05, 3.63) is 80.8 Å². The van der Waals surface area contributed by atoms with Crippen molar-refractivity contribution < 1.29 is 4.92 Å². The summed E-state index contributed by atoms with van der Waals surface area (Å²) in [5.41, 5.74) is 3.22. The molecule has 0 unspecified atom stereocenters. The molecule has 0 amide bonds. The summed E-state index contributed by atoms with van der Waals surface area (Å²) in [4.78, 5) is 15.9. The van der Waals surface area contributed by atoms with Gasteiger partial charge in [-0.3, -0.25) is 10.1 Å². The summed E-state index contributed by atoms with van der Waals surface area (Å²) >= 11 is 1.55. The zero-order valence-electron chi connectivity index (χ0n) is 12.5. The number of aromatic nitrogens is 1. The molecule has 116 valence electrons. The molecular formula is C17H15N3O2S. The number of nitro benzene ring substituents is 1. The SMILES string of the molecule is Cc1ccc(Nc2ncc(Cc3cccc([N+](=O)[O-])c3)s2)cc1. The highest BCUT2D eigenvalue weighted by Crippen LogP contribution is 2.25. The lowest BCUT2D eigenvalue weighted by Gasteiger charge is -2.02. The third-order valence-corrected chi connectivity index (χ3v) is 4.27. The molecule has 0 aliphatic heterocycles. The first-order valence-corrected chi connectivity index (χ1v) is 7.93. The Bertz CT molecular complexity index is 828. The predicted octanol–water partition coefficient (Wildman–Crippen LogP) is 4.69. The molecule has 3 rings (SSSR count). The average molecular weight is 325 g/mol. The lowest BCUT2D eigenvalue weighted by atomic mass is 10.1. The molecule has 2 aromatic carbocycles. The molecule has 0 fully saturated rings. The molecule has 0 spiro atoms. The van der Waals surface area contributed by atoms with Crippen LogP contribution in [0.4, 0.5) is 16.5 Å². The van der Waals surface area contributed by atoms with E-state index in [-0.39, 0.29) is 10.6 Å². The molecule has 23 heavy (non-hydrogen) atoms. The van der Waals surface area contributed by atoms with Gasteiger partial charge in [-0.1, -0.05) is 29.8 Å². The van der Waals surface area contributed by atoms with Gasteiger partial charge in [-0.2, -0.15) is 0 Å². The minimum Gasteiger partial charge on any atom is -0.332 e. The van der Waals surface area contributed by atoms with Crippen LogP contribution in [0.3, 0.4) is 0 Å². The number of thiazole rings is 1. The Hall–Kier alpha value is -2.73. The van der Waals surface area contributed by atoms with Crippen molar-refractivity contribution in [3.8, 4) is 0 Å². The van der Waals surface area contributed by atoms with E-state index in [9.17, 15) is 10.1 Å². The van der Waals surface area contributed by atoms with Crippen molar-refractivity contribution in [2.24, 2.45) is 0 Å². The van der Waals surface area contributed by atoms with Crippen molar-refractivity contribution in [3.63, 3.8) is 0 Å². The second-order valence-electron chi connectivity index (χ2n) is 5.23. The van der Waals surface area contributed by atoms with Crippen LogP contribution < -0.4 is 5.32 Å². The van der Waals surface area contributed by atoms with Gasteiger partial charge in [0.05, 0.1) is 4.92 Å². The van der Waals surface area contributed by atoms with E-state index in [1.165, 1.54) is 11.6 Å². The van der Waals surface area contributed by atoms with Gasteiger partial charge < -0.3 is 5.32 Å². The van der Waals surface area contributed by atoms with Crippen LogP contribution in [-0.4, -0.2) is 9.91 Å². The Labute approximate surface area is 137 Å². The van der Waals surface area contributed by atoms with Gasteiger partial charge in [0.15, 0.2) is 5.13 Å². The minimum atomic E-state index is -0.374. The van der Waals surface area contributed by atoms with Crippen LogP contribution in [-0.2, 0) is 6.42 Å². The van der Waals surface area contributed by atoms with E-state index in [4.69, 9.17) is 0 Å². The van der Waals surface area contributed by atoms with Crippen LogP contribution in [0.15, 0.2) is 54.7 Å². The van der Waals surface area contributed by atoms with Crippen LogP contribution in [0.2, 0.25) is 0 Å². The molecule has 0 aliphatic carbocycles. The van der Waals surface area contributed by atoms with Crippen molar-refractivity contribution >= 4 is 27.8 Å². The summed E-state index contributed by atoms with van der Waals surface area (Å²) in [7, 11) is 0. The normalized spacial score (nSPS) is 10.5. The first-order valence-electron chi connectivity index (χ1n) is 7.12. The largest absolute Gasteiger partial charge is 0.332 e. The zero-order chi connectivity index (χ0) is 16.2. The topological polar surface area (TPSA) is 68.1 Å². The second-order valence-corrected chi connectivity index (χ2v) is 6.34. The third-order valence-electron chi connectivity index (χ3n) is 3.36. The summed E-state index contributed by atoms with van der Waals surface area (Å²) in [6.45, 7) is 2.05. The van der Waals surface area contributed by atoms with Gasteiger partial charge in [0.2, 0.25) is 0 Å². The van der Waals surface area contributed by atoms with Gasteiger partial charge >= 0.3 is 0 Å². The molecule has 0 atom stereocenters. The van der Waals surface area contributed by atoms with E-state index >= 15 is 0 Å². The van der Waals surface area contributed by atoms with Crippen molar-refractivity contribution in [2.75, 3.05) is 5.32 Å². The molecule has 0 bridgehead atoms. The van der Waals surface area contributed by atoms with Gasteiger partial charge in [0.25, 0.3) is 5.69 Å². The number of non-ortho nitro benzene ring substituents is 1. The Kier molecular flexibility index (Phi) is 4.34. The average Bonchev–Trinajstić information content (AvgIpc) is 2.97. The highest BCUT2D eigenvalue weighted by Gasteiger charge is 2.08. The number of hydrogen-bond acceptors (Lipinski definition) is 5. The van der Waals surface area contributed by atoms with Crippen LogP contribution in [0.5, 0.6) is 0 Å². The van der Waals surface area contributed by atoms with Gasteiger partial charge in [-0.15, -0.1) is 11.3 Å². The fourth-order valence-corrected chi connectivity index (χ4v) is 3.06. The summed E-state index contributed by atoms with van der Waals surface area (Å²) < 4.78 is 0. The number of nitrogens with zero attached hydrogens (tertiary/aromatic N) is 2. The lowest BCUT2D eigenvalue weighted by molar-refractivity contribution is -0.384. The van der Waals surface area contributed by atoms with Gasteiger partial charge in [0, 0.05) is 35.3 Å². The van der Waals surface area contributed by atoms with Gasteiger partial charge in [-0.05, 0) is 24.6 Å². The first-order chi connectivity index (χ1) is 11.1. The van der Waals surface area contributed by atoms with E-state index in [0.717, 1.165) is 21.3 Å². The van der Waals surface area contributed by atoms with E-state index < -0.39 is 0 Å². The maximum atomic E-state index is 10.8. The molecule has 5 nitrogen and oxygen atoms in total. The van der Waals surface area contributed by atoms with Crippen LogP contribution >= 0.6 is 11.3 Å². The number of benzene rings is 2. The number of hydrogen-bond donors (Lipinski definition) is 1. The summed E-state index contributed by atoms with van der Waals surface area (Å²) in [5.74, 6) is 0. The number of nitro groups is 1. The maximum Gasteiger partial charge on any atom is 0.269 e. The summed E-state index contributed by atoms with van der Waals surface area (Å²) in [6, 6.07) is 14.8. The third kappa shape index (κ3) is 3.92.